The summed E-state index contributed by atoms with van der Waals surface area (Å²) in [6.45, 7) is 2.17. The van der Waals surface area contributed by atoms with Crippen molar-refractivity contribution in [3.8, 4) is 0 Å². The number of para-hydroxylation sites is 1. The van der Waals surface area contributed by atoms with E-state index in [1.807, 2.05) is 37.3 Å². The van der Waals surface area contributed by atoms with Crippen LogP contribution in [0.2, 0.25) is 0 Å². The van der Waals surface area contributed by atoms with Crippen LogP contribution in [0.4, 0.5) is 5.69 Å². The predicted molar refractivity (Wildman–Crippen MR) is 85.5 cm³/mol. The lowest BCUT2D eigenvalue weighted by molar-refractivity contribution is -0.144. The Morgan fingerprint density at radius 3 is 2.32 bits per heavy atom. The van der Waals surface area contributed by atoms with Gasteiger partial charge in [-0.25, -0.2) is 0 Å². The molecular weight excluding hydrogens is 278 g/mol. The van der Waals surface area contributed by atoms with Crippen molar-refractivity contribution in [1.82, 2.24) is 0 Å². The molecule has 2 aromatic rings. The summed E-state index contributed by atoms with van der Waals surface area (Å²) in [6, 6.07) is 16.3. The molecule has 4 nitrogen and oxygen atoms in total. The zero-order valence-electron chi connectivity index (χ0n) is 12.5. The summed E-state index contributed by atoms with van der Waals surface area (Å²) >= 11 is 0. The van der Waals surface area contributed by atoms with E-state index < -0.39 is 0 Å². The van der Waals surface area contributed by atoms with Gasteiger partial charge >= 0.3 is 5.97 Å². The Morgan fingerprint density at radius 1 is 1.00 bits per heavy atom. The second-order valence-electron chi connectivity index (χ2n) is 4.93. The molecule has 0 heterocycles. The standard InChI is InChI=1S/C18H19NO3/c1-2-6-17(20)22-13-14-9-11-15(12-10-14)18(21)19-16-7-4-3-5-8-16/h3-5,7-12H,2,6,13H2,1H3,(H,19,21). The van der Waals surface area contributed by atoms with Gasteiger partial charge in [-0.15, -0.1) is 0 Å². The average Bonchev–Trinajstić information content (AvgIpc) is 2.54. The molecule has 0 saturated heterocycles. The van der Waals surface area contributed by atoms with Gasteiger partial charge in [0, 0.05) is 17.7 Å². The van der Waals surface area contributed by atoms with Crippen molar-refractivity contribution in [1.29, 1.82) is 0 Å². The van der Waals surface area contributed by atoms with Gasteiger partial charge in [0.2, 0.25) is 0 Å². The quantitative estimate of drug-likeness (QED) is 0.825. The Balaban J connectivity index is 1.91. The number of amides is 1. The molecular formula is C18H19NO3. The van der Waals surface area contributed by atoms with Crippen LogP contribution in [0.1, 0.15) is 35.7 Å². The fraction of sp³-hybridized carbons (Fsp3) is 0.222. The van der Waals surface area contributed by atoms with Crippen LogP contribution < -0.4 is 5.32 Å². The fourth-order valence-corrected chi connectivity index (χ4v) is 1.92. The number of carbonyl (C=O) groups is 2. The number of carbonyl (C=O) groups excluding carboxylic acids is 2. The number of hydrogen-bond donors (Lipinski definition) is 1. The van der Waals surface area contributed by atoms with E-state index in [1.54, 1.807) is 24.3 Å². The molecule has 0 fully saturated rings. The SMILES string of the molecule is CCCC(=O)OCc1ccc(C(=O)Nc2ccccc2)cc1. The molecule has 2 aromatic carbocycles. The van der Waals surface area contributed by atoms with Crippen molar-refractivity contribution in [2.45, 2.75) is 26.4 Å². The van der Waals surface area contributed by atoms with Crippen LogP contribution in [0.15, 0.2) is 54.6 Å². The summed E-state index contributed by atoms with van der Waals surface area (Å²) in [7, 11) is 0. The van der Waals surface area contributed by atoms with Crippen molar-refractivity contribution >= 4 is 17.6 Å². The van der Waals surface area contributed by atoms with E-state index in [4.69, 9.17) is 4.74 Å². The summed E-state index contributed by atoms with van der Waals surface area (Å²) in [5.41, 5.74) is 2.18. The zero-order valence-corrected chi connectivity index (χ0v) is 12.5. The highest BCUT2D eigenvalue weighted by Gasteiger charge is 2.06. The van der Waals surface area contributed by atoms with Gasteiger partial charge in [0.25, 0.3) is 5.91 Å². The molecule has 0 radical (unpaired) electrons. The van der Waals surface area contributed by atoms with E-state index >= 15 is 0 Å². The van der Waals surface area contributed by atoms with Gasteiger partial charge in [0.15, 0.2) is 0 Å². The number of anilines is 1. The molecule has 0 aliphatic rings. The molecule has 0 aliphatic carbocycles. The van der Waals surface area contributed by atoms with Gasteiger partial charge < -0.3 is 10.1 Å². The third-order valence-electron chi connectivity index (χ3n) is 3.10. The van der Waals surface area contributed by atoms with Crippen LogP contribution in [0, 0.1) is 0 Å². The minimum Gasteiger partial charge on any atom is -0.461 e. The summed E-state index contributed by atoms with van der Waals surface area (Å²) in [5.74, 6) is -0.367. The van der Waals surface area contributed by atoms with Crippen LogP contribution in [0.25, 0.3) is 0 Å². The third-order valence-corrected chi connectivity index (χ3v) is 3.10. The van der Waals surface area contributed by atoms with Crippen LogP contribution in [-0.2, 0) is 16.1 Å². The number of esters is 1. The van der Waals surface area contributed by atoms with Crippen LogP contribution in [0.3, 0.4) is 0 Å². The average molecular weight is 297 g/mol. The lowest BCUT2D eigenvalue weighted by Crippen LogP contribution is -2.11. The van der Waals surface area contributed by atoms with Gasteiger partial charge in [-0.2, -0.15) is 0 Å². The van der Waals surface area contributed by atoms with E-state index in [1.165, 1.54) is 0 Å². The van der Waals surface area contributed by atoms with Gasteiger partial charge in [-0.3, -0.25) is 9.59 Å². The lowest BCUT2D eigenvalue weighted by Gasteiger charge is -2.07. The van der Waals surface area contributed by atoms with E-state index in [0.29, 0.717) is 12.0 Å². The van der Waals surface area contributed by atoms with Gasteiger partial charge in [0.1, 0.15) is 6.61 Å². The maximum absolute atomic E-state index is 12.1. The molecule has 1 amide bonds. The number of nitrogens with one attached hydrogen (secondary N) is 1. The molecule has 4 heteroatoms. The van der Waals surface area contributed by atoms with Crippen molar-refractivity contribution in [3.05, 3.63) is 65.7 Å². The minimum atomic E-state index is -0.201. The van der Waals surface area contributed by atoms with E-state index in [-0.39, 0.29) is 18.5 Å². The summed E-state index contributed by atoms with van der Waals surface area (Å²) in [5, 5.41) is 2.82. The first-order valence-corrected chi connectivity index (χ1v) is 7.30. The first-order chi connectivity index (χ1) is 10.7. The predicted octanol–water partition coefficient (Wildman–Crippen LogP) is 3.78. The van der Waals surface area contributed by atoms with Crippen molar-refractivity contribution in [3.63, 3.8) is 0 Å². The Bertz CT molecular complexity index is 621. The Hall–Kier alpha value is -2.62. The highest BCUT2D eigenvalue weighted by atomic mass is 16.5. The van der Waals surface area contributed by atoms with Crippen LogP contribution >= 0.6 is 0 Å². The monoisotopic (exact) mass is 297 g/mol. The number of rotatable bonds is 6. The first-order valence-electron chi connectivity index (χ1n) is 7.30. The number of ether oxygens (including phenoxy) is 1. The first kappa shape index (κ1) is 15.8. The Kier molecular flexibility index (Phi) is 5.72. The second kappa shape index (κ2) is 7.98. The second-order valence-corrected chi connectivity index (χ2v) is 4.93. The fourth-order valence-electron chi connectivity index (χ4n) is 1.92. The molecule has 0 spiro atoms. The van der Waals surface area contributed by atoms with E-state index in [9.17, 15) is 9.59 Å². The van der Waals surface area contributed by atoms with Gasteiger partial charge in [-0.1, -0.05) is 37.3 Å². The summed E-state index contributed by atoms with van der Waals surface area (Å²) < 4.78 is 5.12. The Labute approximate surface area is 130 Å². The minimum absolute atomic E-state index is 0.166. The summed E-state index contributed by atoms with van der Waals surface area (Å²) in [4.78, 5) is 23.4. The molecule has 0 bridgehead atoms. The van der Waals surface area contributed by atoms with Crippen molar-refractivity contribution < 1.29 is 14.3 Å². The highest BCUT2D eigenvalue weighted by molar-refractivity contribution is 6.04. The van der Waals surface area contributed by atoms with Gasteiger partial charge in [0.05, 0.1) is 0 Å². The largest absolute Gasteiger partial charge is 0.461 e. The van der Waals surface area contributed by atoms with Crippen molar-refractivity contribution in [2.75, 3.05) is 5.32 Å². The van der Waals surface area contributed by atoms with Crippen molar-refractivity contribution in [2.24, 2.45) is 0 Å². The van der Waals surface area contributed by atoms with E-state index in [0.717, 1.165) is 17.7 Å². The van der Waals surface area contributed by atoms with E-state index in [2.05, 4.69) is 5.32 Å². The maximum Gasteiger partial charge on any atom is 0.306 e. The smallest absolute Gasteiger partial charge is 0.306 e. The summed E-state index contributed by atoms with van der Waals surface area (Å²) in [6.07, 6.45) is 1.20. The Morgan fingerprint density at radius 2 is 1.68 bits per heavy atom. The molecule has 0 unspecified atom stereocenters. The maximum atomic E-state index is 12.1. The van der Waals surface area contributed by atoms with Crippen LogP contribution in [-0.4, -0.2) is 11.9 Å². The molecule has 114 valence electrons. The molecule has 0 saturated carbocycles. The number of benzene rings is 2. The zero-order chi connectivity index (χ0) is 15.8. The van der Waals surface area contributed by atoms with Gasteiger partial charge in [-0.05, 0) is 36.2 Å². The molecule has 0 aliphatic heterocycles. The molecule has 2 rings (SSSR count). The third kappa shape index (κ3) is 4.74. The molecule has 0 atom stereocenters. The highest BCUT2D eigenvalue weighted by Crippen LogP contribution is 2.11. The topological polar surface area (TPSA) is 55.4 Å². The van der Waals surface area contributed by atoms with Crippen LogP contribution in [0.5, 0.6) is 0 Å². The number of hydrogen-bond acceptors (Lipinski definition) is 3. The normalized spacial score (nSPS) is 10.0. The lowest BCUT2D eigenvalue weighted by atomic mass is 10.1. The molecule has 1 N–H and O–H groups in total. The molecule has 22 heavy (non-hydrogen) atoms. The molecule has 0 aromatic heterocycles.